The van der Waals surface area contributed by atoms with E-state index >= 15 is 0 Å². The molecule has 0 spiro atoms. The number of para-hydroxylation sites is 1. The zero-order chi connectivity index (χ0) is 12.2. The van der Waals surface area contributed by atoms with Crippen LogP contribution in [0.25, 0.3) is 0 Å². The lowest BCUT2D eigenvalue weighted by molar-refractivity contribution is 0.0693. The zero-order valence-corrected chi connectivity index (χ0v) is 9.78. The van der Waals surface area contributed by atoms with E-state index in [0.29, 0.717) is 11.3 Å². The lowest BCUT2D eigenvalue weighted by Crippen LogP contribution is -2.38. The van der Waals surface area contributed by atoms with Crippen LogP contribution in [0.3, 0.4) is 0 Å². The number of hydrogen-bond acceptors (Lipinski definition) is 3. The average Bonchev–Trinajstić information content (AvgIpc) is 2.25. The highest BCUT2D eigenvalue weighted by atomic mass is 16.5. The molecule has 0 aliphatic rings. The monoisotopic (exact) mass is 223 g/mol. The number of nitrogens with one attached hydrogen (secondary N) is 1. The van der Waals surface area contributed by atoms with E-state index in [1.807, 2.05) is 0 Å². The normalized spacial score (nSPS) is 11.0. The third-order valence-electron chi connectivity index (χ3n) is 2.03. The number of methoxy groups -OCH3 is 1. The third kappa shape index (κ3) is 3.55. The molecule has 0 bridgehead atoms. The van der Waals surface area contributed by atoms with Crippen molar-refractivity contribution < 1.29 is 14.6 Å². The number of amides is 1. The van der Waals surface area contributed by atoms with Gasteiger partial charge in [0.1, 0.15) is 5.75 Å². The minimum absolute atomic E-state index is 0.198. The lowest BCUT2D eigenvalue weighted by atomic mass is 10.1. The smallest absolute Gasteiger partial charge is 0.255 e. The van der Waals surface area contributed by atoms with Crippen molar-refractivity contribution >= 4 is 5.91 Å². The predicted molar refractivity (Wildman–Crippen MR) is 61.6 cm³/mol. The molecule has 0 saturated heterocycles. The van der Waals surface area contributed by atoms with Crippen LogP contribution < -0.4 is 10.1 Å². The van der Waals surface area contributed by atoms with Crippen LogP contribution in [0.1, 0.15) is 24.2 Å². The van der Waals surface area contributed by atoms with Gasteiger partial charge in [-0.05, 0) is 26.0 Å². The van der Waals surface area contributed by atoms with Gasteiger partial charge in [0.05, 0.1) is 18.3 Å². The van der Waals surface area contributed by atoms with Crippen molar-refractivity contribution in [2.24, 2.45) is 0 Å². The first kappa shape index (κ1) is 12.5. The van der Waals surface area contributed by atoms with Gasteiger partial charge in [-0.25, -0.2) is 0 Å². The molecule has 1 aromatic carbocycles. The first-order valence-corrected chi connectivity index (χ1v) is 5.07. The summed E-state index contributed by atoms with van der Waals surface area (Å²) in [5.41, 5.74) is -0.452. The molecule has 1 rings (SSSR count). The van der Waals surface area contributed by atoms with Crippen molar-refractivity contribution in [2.75, 3.05) is 13.7 Å². The Labute approximate surface area is 95.2 Å². The second-order valence-corrected chi connectivity index (χ2v) is 4.20. The summed E-state index contributed by atoms with van der Waals surface area (Å²) in [4.78, 5) is 11.8. The summed E-state index contributed by atoms with van der Waals surface area (Å²) in [6, 6.07) is 6.96. The summed E-state index contributed by atoms with van der Waals surface area (Å²) in [5, 5.41) is 12.1. The molecule has 0 aliphatic carbocycles. The van der Waals surface area contributed by atoms with Crippen molar-refractivity contribution in [2.45, 2.75) is 19.4 Å². The van der Waals surface area contributed by atoms with Crippen molar-refractivity contribution in [3.05, 3.63) is 29.8 Å². The van der Waals surface area contributed by atoms with Crippen molar-refractivity contribution in [3.63, 3.8) is 0 Å². The first-order chi connectivity index (χ1) is 7.44. The SMILES string of the molecule is COc1ccccc1C(=O)NCC(C)(C)O. The molecule has 4 nitrogen and oxygen atoms in total. The van der Waals surface area contributed by atoms with E-state index in [9.17, 15) is 9.90 Å². The second kappa shape index (κ2) is 4.99. The molecule has 0 aromatic heterocycles. The van der Waals surface area contributed by atoms with Crippen LogP contribution in [-0.4, -0.2) is 30.3 Å². The predicted octanol–water partition coefficient (Wildman–Crippen LogP) is 1.20. The van der Waals surface area contributed by atoms with Gasteiger partial charge >= 0.3 is 0 Å². The summed E-state index contributed by atoms with van der Waals surface area (Å²) in [6.07, 6.45) is 0. The van der Waals surface area contributed by atoms with Gasteiger partial charge in [-0.3, -0.25) is 4.79 Å². The third-order valence-corrected chi connectivity index (χ3v) is 2.03. The standard InChI is InChI=1S/C12H17NO3/c1-12(2,15)8-13-11(14)9-6-4-5-7-10(9)16-3/h4-7,15H,8H2,1-3H3,(H,13,14). The Morgan fingerprint density at radius 3 is 2.62 bits per heavy atom. The van der Waals surface area contributed by atoms with Gasteiger partial charge in [0, 0.05) is 6.54 Å². The van der Waals surface area contributed by atoms with Crippen molar-refractivity contribution in [3.8, 4) is 5.75 Å². The molecule has 0 atom stereocenters. The maximum atomic E-state index is 11.8. The fourth-order valence-corrected chi connectivity index (χ4v) is 1.22. The Morgan fingerprint density at radius 2 is 2.06 bits per heavy atom. The van der Waals surface area contributed by atoms with E-state index < -0.39 is 5.60 Å². The summed E-state index contributed by atoms with van der Waals surface area (Å²) in [7, 11) is 1.52. The van der Waals surface area contributed by atoms with Gasteiger partial charge in [0.2, 0.25) is 0 Å². The number of aliphatic hydroxyl groups is 1. The fraction of sp³-hybridized carbons (Fsp3) is 0.417. The molecular formula is C12H17NO3. The van der Waals surface area contributed by atoms with E-state index in [1.165, 1.54) is 7.11 Å². The lowest BCUT2D eigenvalue weighted by Gasteiger charge is -2.18. The highest BCUT2D eigenvalue weighted by Gasteiger charge is 2.16. The van der Waals surface area contributed by atoms with Crippen LogP contribution >= 0.6 is 0 Å². The van der Waals surface area contributed by atoms with E-state index in [0.717, 1.165) is 0 Å². The second-order valence-electron chi connectivity index (χ2n) is 4.20. The molecular weight excluding hydrogens is 206 g/mol. The quantitative estimate of drug-likeness (QED) is 0.806. The zero-order valence-electron chi connectivity index (χ0n) is 9.78. The molecule has 16 heavy (non-hydrogen) atoms. The number of ether oxygens (including phenoxy) is 1. The molecule has 0 aliphatic heterocycles. The Kier molecular flexibility index (Phi) is 3.90. The van der Waals surface area contributed by atoms with Gasteiger partial charge in [-0.15, -0.1) is 0 Å². The highest BCUT2D eigenvalue weighted by molar-refractivity contribution is 5.96. The van der Waals surface area contributed by atoms with Crippen molar-refractivity contribution in [1.82, 2.24) is 5.32 Å². The van der Waals surface area contributed by atoms with E-state index in [4.69, 9.17) is 4.74 Å². The highest BCUT2D eigenvalue weighted by Crippen LogP contribution is 2.16. The number of hydrogen-bond donors (Lipinski definition) is 2. The van der Waals surface area contributed by atoms with Crippen LogP contribution in [0.2, 0.25) is 0 Å². The van der Waals surface area contributed by atoms with Crippen LogP contribution in [-0.2, 0) is 0 Å². The van der Waals surface area contributed by atoms with Gasteiger partial charge < -0.3 is 15.2 Å². The van der Waals surface area contributed by atoms with Crippen molar-refractivity contribution in [1.29, 1.82) is 0 Å². The van der Waals surface area contributed by atoms with E-state index in [2.05, 4.69) is 5.32 Å². The fourth-order valence-electron chi connectivity index (χ4n) is 1.22. The van der Waals surface area contributed by atoms with Gasteiger partial charge in [0.15, 0.2) is 0 Å². The molecule has 4 heteroatoms. The summed E-state index contributed by atoms with van der Waals surface area (Å²) in [5.74, 6) is 0.273. The molecule has 0 fully saturated rings. The number of carbonyl (C=O) groups is 1. The largest absolute Gasteiger partial charge is 0.496 e. The first-order valence-electron chi connectivity index (χ1n) is 5.07. The molecule has 0 radical (unpaired) electrons. The Balaban J connectivity index is 2.73. The summed E-state index contributed by atoms with van der Waals surface area (Å²) < 4.78 is 5.08. The Morgan fingerprint density at radius 1 is 1.44 bits per heavy atom. The van der Waals surface area contributed by atoms with Gasteiger partial charge in [0.25, 0.3) is 5.91 Å². The van der Waals surface area contributed by atoms with Crippen LogP contribution in [0.5, 0.6) is 5.75 Å². The van der Waals surface area contributed by atoms with Gasteiger partial charge in [-0.2, -0.15) is 0 Å². The number of rotatable bonds is 4. The molecule has 2 N–H and O–H groups in total. The Hall–Kier alpha value is -1.55. The number of benzene rings is 1. The van der Waals surface area contributed by atoms with Crippen LogP contribution in [0.15, 0.2) is 24.3 Å². The number of carbonyl (C=O) groups excluding carboxylic acids is 1. The summed E-state index contributed by atoms with van der Waals surface area (Å²) >= 11 is 0. The maximum Gasteiger partial charge on any atom is 0.255 e. The van der Waals surface area contributed by atoms with E-state index in [-0.39, 0.29) is 12.5 Å². The van der Waals surface area contributed by atoms with Gasteiger partial charge in [-0.1, -0.05) is 12.1 Å². The van der Waals surface area contributed by atoms with Crippen LogP contribution in [0, 0.1) is 0 Å². The molecule has 1 amide bonds. The van der Waals surface area contributed by atoms with Crippen LogP contribution in [0.4, 0.5) is 0 Å². The minimum Gasteiger partial charge on any atom is -0.496 e. The van der Waals surface area contributed by atoms with E-state index in [1.54, 1.807) is 38.1 Å². The maximum absolute atomic E-state index is 11.8. The molecule has 1 aromatic rings. The molecule has 0 heterocycles. The Bertz CT molecular complexity index is 369. The molecule has 88 valence electrons. The summed E-state index contributed by atoms with van der Waals surface area (Å²) in [6.45, 7) is 3.47. The minimum atomic E-state index is -0.919. The molecule has 0 saturated carbocycles. The molecule has 0 unspecified atom stereocenters. The average molecular weight is 223 g/mol. The topological polar surface area (TPSA) is 58.6 Å².